The van der Waals surface area contributed by atoms with Crippen LogP contribution in [0.15, 0.2) is 45.6 Å². The number of carbonyl (C=O) groups excluding carboxylic acids is 1. The molecule has 1 amide bonds. The van der Waals surface area contributed by atoms with Gasteiger partial charge in [0.1, 0.15) is 5.69 Å². The molecule has 8 heteroatoms. The van der Waals surface area contributed by atoms with Crippen molar-refractivity contribution in [3.8, 4) is 11.5 Å². The van der Waals surface area contributed by atoms with Crippen LogP contribution in [0.1, 0.15) is 16.4 Å². The number of aromatic amines is 1. The van der Waals surface area contributed by atoms with Crippen LogP contribution in [0.3, 0.4) is 0 Å². The minimum atomic E-state index is -0.419. The first-order chi connectivity index (χ1) is 10.6. The van der Waals surface area contributed by atoms with Gasteiger partial charge < -0.3 is 9.73 Å². The predicted octanol–water partition coefficient (Wildman–Crippen LogP) is 1.38. The zero-order valence-electron chi connectivity index (χ0n) is 11.5. The monoisotopic (exact) mass is 297 g/mol. The molecule has 0 unspecified atom stereocenters. The maximum Gasteiger partial charge on any atom is 0.276 e. The summed E-state index contributed by atoms with van der Waals surface area (Å²) in [4.78, 5) is 22.9. The number of H-pyrrole nitrogens is 1. The standard InChI is InChI=1S/C14H11N5O3/c1-8-16-19-14(22-8)9-2-4-10(5-3-9)15-13(21)11-6-7-12(20)18-17-11/h2-7H,1H3,(H,15,21)(H,18,20). The van der Waals surface area contributed by atoms with Crippen molar-refractivity contribution in [1.29, 1.82) is 0 Å². The third kappa shape index (κ3) is 2.90. The molecule has 0 fully saturated rings. The Bertz CT molecular complexity index is 846. The normalized spacial score (nSPS) is 10.4. The summed E-state index contributed by atoms with van der Waals surface area (Å²) in [5.74, 6) is 0.479. The molecule has 0 saturated heterocycles. The van der Waals surface area contributed by atoms with Crippen LogP contribution in [0.25, 0.3) is 11.5 Å². The highest BCUT2D eigenvalue weighted by atomic mass is 16.4. The van der Waals surface area contributed by atoms with Crippen molar-refractivity contribution in [2.24, 2.45) is 0 Å². The lowest BCUT2D eigenvalue weighted by Gasteiger charge is -2.04. The summed E-state index contributed by atoms with van der Waals surface area (Å²) in [6.07, 6.45) is 0. The molecule has 0 bridgehead atoms. The first-order valence-electron chi connectivity index (χ1n) is 6.39. The number of aryl methyl sites for hydroxylation is 1. The van der Waals surface area contributed by atoms with Crippen LogP contribution in [0.2, 0.25) is 0 Å². The van der Waals surface area contributed by atoms with Crippen molar-refractivity contribution in [1.82, 2.24) is 20.4 Å². The molecule has 0 spiro atoms. The molecule has 1 aromatic carbocycles. The quantitative estimate of drug-likeness (QED) is 0.755. The van der Waals surface area contributed by atoms with Crippen LogP contribution < -0.4 is 10.9 Å². The van der Waals surface area contributed by atoms with Gasteiger partial charge in [-0.3, -0.25) is 9.59 Å². The van der Waals surface area contributed by atoms with E-state index in [9.17, 15) is 9.59 Å². The van der Waals surface area contributed by atoms with E-state index >= 15 is 0 Å². The van der Waals surface area contributed by atoms with Gasteiger partial charge in [-0.25, -0.2) is 5.10 Å². The molecule has 2 heterocycles. The van der Waals surface area contributed by atoms with Gasteiger partial charge in [0, 0.05) is 24.2 Å². The molecule has 110 valence electrons. The van der Waals surface area contributed by atoms with Gasteiger partial charge in [0.25, 0.3) is 11.5 Å². The van der Waals surface area contributed by atoms with Gasteiger partial charge in [-0.05, 0) is 30.3 Å². The number of carbonyl (C=O) groups is 1. The molecule has 0 aliphatic heterocycles. The smallest absolute Gasteiger partial charge is 0.276 e. The number of hydrogen-bond donors (Lipinski definition) is 2. The van der Waals surface area contributed by atoms with Crippen molar-refractivity contribution in [2.75, 3.05) is 5.32 Å². The van der Waals surface area contributed by atoms with E-state index in [4.69, 9.17) is 4.42 Å². The van der Waals surface area contributed by atoms with Crippen molar-refractivity contribution in [3.63, 3.8) is 0 Å². The van der Waals surface area contributed by atoms with Gasteiger partial charge >= 0.3 is 0 Å². The fourth-order valence-corrected chi connectivity index (χ4v) is 1.78. The van der Waals surface area contributed by atoms with E-state index in [1.807, 2.05) is 0 Å². The van der Waals surface area contributed by atoms with Crippen LogP contribution in [0.4, 0.5) is 5.69 Å². The Balaban J connectivity index is 1.74. The summed E-state index contributed by atoms with van der Waals surface area (Å²) in [5, 5.41) is 16.2. The maximum atomic E-state index is 11.9. The first-order valence-corrected chi connectivity index (χ1v) is 6.39. The molecule has 0 aliphatic carbocycles. The Kier molecular flexibility index (Phi) is 3.48. The van der Waals surface area contributed by atoms with Gasteiger partial charge in [-0.15, -0.1) is 10.2 Å². The SMILES string of the molecule is Cc1nnc(-c2ccc(NC(=O)c3ccc(=O)[nH]n3)cc2)o1. The predicted molar refractivity (Wildman–Crippen MR) is 77.3 cm³/mol. The largest absolute Gasteiger partial charge is 0.421 e. The molecular weight excluding hydrogens is 286 g/mol. The third-order valence-electron chi connectivity index (χ3n) is 2.83. The van der Waals surface area contributed by atoms with Crippen LogP contribution in [-0.2, 0) is 0 Å². The van der Waals surface area contributed by atoms with Crippen molar-refractivity contribution >= 4 is 11.6 Å². The van der Waals surface area contributed by atoms with Gasteiger partial charge in [0.2, 0.25) is 11.8 Å². The second-order valence-electron chi connectivity index (χ2n) is 4.46. The van der Waals surface area contributed by atoms with E-state index in [1.165, 1.54) is 12.1 Å². The minimum absolute atomic E-state index is 0.121. The Labute approximate surface area is 124 Å². The Morgan fingerprint density at radius 2 is 1.91 bits per heavy atom. The Morgan fingerprint density at radius 3 is 2.50 bits per heavy atom. The zero-order valence-corrected chi connectivity index (χ0v) is 11.5. The Morgan fingerprint density at radius 1 is 1.14 bits per heavy atom. The number of nitrogens with zero attached hydrogens (tertiary/aromatic N) is 3. The summed E-state index contributed by atoms with van der Waals surface area (Å²) in [6, 6.07) is 9.51. The summed E-state index contributed by atoms with van der Waals surface area (Å²) in [5.41, 5.74) is 1.09. The molecule has 0 saturated carbocycles. The topological polar surface area (TPSA) is 114 Å². The second kappa shape index (κ2) is 5.60. The molecule has 0 radical (unpaired) electrons. The number of aromatic nitrogens is 4. The third-order valence-corrected chi connectivity index (χ3v) is 2.83. The van der Waals surface area contributed by atoms with Crippen molar-refractivity contribution < 1.29 is 9.21 Å². The lowest BCUT2D eigenvalue weighted by molar-refractivity contribution is 0.102. The van der Waals surface area contributed by atoms with Gasteiger partial charge in [-0.2, -0.15) is 5.10 Å². The second-order valence-corrected chi connectivity index (χ2v) is 4.46. The van der Waals surface area contributed by atoms with E-state index in [2.05, 4.69) is 25.7 Å². The van der Waals surface area contributed by atoms with Crippen LogP contribution >= 0.6 is 0 Å². The molecule has 8 nitrogen and oxygen atoms in total. The van der Waals surface area contributed by atoms with E-state index in [0.29, 0.717) is 17.5 Å². The molecule has 3 rings (SSSR count). The zero-order chi connectivity index (χ0) is 15.5. The Hall–Kier alpha value is -3.29. The minimum Gasteiger partial charge on any atom is -0.421 e. The van der Waals surface area contributed by atoms with Crippen molar-refractivity contribution in [2.45, 2.75) is 6.92 Å². The average molecular weight is 297 g/mol. The van der Waals surface area contributed by atoms with E-state index in [-0.39, 0.29) is 11.3 Å². The lowest BCUT2D eigenvalue weighted by Crippen LogP contribution is -2.17. The van der Waals surface area contributed by atoms with Gasteiger partial charge in [0.05, 0.1) is 0 Å². The van der Waals surface area contributed by atoms with Crippen LogP contribution in [-0.4, -0.2) is 26.3 Å². The number of benzene rings is 1. The van der Waals surface area contributed by atoms with Crippen LogP contribution in [0, 0.1) is 6.92 Å². The molecule has 3 aromatic rings. The molecular formula is C14H11N5O3. The average Bonchev–Trinajstić information content (AvgIpc) is 2.95. The molecule has 0 aliphatic rings. The molecule has 22 heavy (non-hydrogen) atoms. The lowest BCUT2D eigenvalue weighted by atomic mass is 10.2. The summed E-state index contributed by atoms with van der Waals surface area (Å²) in [7, 11) is 0. The van der Waals surface area contributed by atoms with Crippen molar-refractivity contribution in [3.05, 3.63) is 58.3 Å². The summed E-state index contributed by atoms with van der Waals surface area (Å²) in [6.45, 7) is 1.71. The van der Waals surface area contributed by atoms with Gasteiger partial charge in [-0.1, -0.05) is 0 Å². The highest BCUT2D eigenvalue weighted by Crippen LogP contribution is 2.20. The number of nitrogens with one attached hydrogen (secondary N) is 2. The number of hydrogen-bond acceptors (Lipinski definition) is 6. The molecule has 0 atom stereocenters. The fraction of sp³-hybridized carbons (Fsp3) is 0.0714. The van der Waals surface area contributed by atoms with E-state index in [0.717, 1.165) is 5.56 Å². The van der Waals surface area contributed by atoms with Gasteiger partial charge in [0.15, 0.2) is 0 Å². The highest BCUT2D eigenvalue weighted by Gasteiger charge is 2.09. The molecule has 2 aromatic heterocycles. The van der Waals surface area contributed by atoms with Crippen LogP contribution in [0.5, 0.6) is 0 Å². The van der Waals surface area contributed by atoms with E-state index < -0.39 is 5.91 Å². The highest BCUT2D eigenvalue weighted by molar-refractivity contribution is 6.02. The number of amides is 1. The maximum absolute atomic E-state index is 11.9. The first kappa shape index (κ1) is 13.7. The summed E-state index contributed by atoms with van der Waals surface area (Å²) < 4.78 is 5.32. The molecule has 2 N–H and O–H groups in total. The number of anilines is 1. The summed E-state index contributed by atoms with van der Waals surface area (Å²) >= 11 is 0. The fourth-order valence-electron chi connectivity index (χ4n) is 1.78. The number of rotatable bonds is 3. The van der Waals surface area contributed by atoms with E-state index in [1.54, 1.807) is 31.2 Å².